The van der Waals surface area contributed by atoms with Gasteiger partial charge in [-0.25, -0.2) is 0 Å². The SMILES string of the molecule is Cc1ccc2c(N3CCN(CCc4ccc5c(c4)N(C)C(=O)CO5)CC3C)cccc2n1. The predicted octanol–water partition coefficient (Wildman–Crippen LogP) is 3.65. The van der Waals surface area contributed by atoms with E-state index in [2.05, 4.69) is 59.2 Å². The molecular formula is C26H30N4O2. The minimum absolute atomic E-state index is 0.00149. The molecule has 2 aliphatic rings. The van der Waals surface area contributed by atoms with Crippen LogP contribution in [0.4, 0.5) is 11.4 Å². The Bertz CT molecular complexity index is 1160. The van der Waals surface area contributed by atoms with Crippen molar-refractivity contribution in [3.63, 3.8) is 0 Å². The highest BCUT2D eigenvalue weighted by atomic mass is 16.5. The summed E-state index contributed by atoms with van der Waals surface area (Å²) in [4.78, 5) is 23.4. The zero-order chi connectivity index (χ0) is 22.2. The number of carbonyl (C=O) groups is 1. The number of aromatic nitrogens is 1. The van der Waals surface area contributed by atoms with Crippen molar-refractivity contribution in [3.8, 4) is 5.75 Å². The number of hydrogen-bond donors (Lipinski definition) is 0. The van der Waals surface area contributed by atoms with Gasteiger partial charge in [0.1, 0.15) is 5.75 Å². The fraction of sp³-hybridized carbons (Fsp3) is 0.385. The van der Waals surface area contributed by atoms with Gasteiger partial charge in [0.15, 0.2) is 6.61 Å². The number of likely N-dealkylation sites (N-methyl/N-ethyl adjacent to an activating group) is 1. The summed E-state index contributed by atoms with van der Waals surface area (Å²) >= 11 is 0. The van der Waals surface area contributed by atoms with E-state index >= 15 is 0 Å². The van der Waals surface area contributed by atoms with Crippen LogP contribution in [0, 0.1) is 6.92 Å². The van der Waals surface area contributed by atoms with Crippen molar-refractivity contribution in [1.82, 2.24) is 9.88 Å². The molecule has 0 spiro atoms. The standard InChI is InChI=1S/C26H30N4O2/c1-18-7-9-21-22(27-18)5-4-6-23(21)30-14-13-29(16-19(30)2)12-11-20-8-10-25-24(15-20)28(3)26(31)17-32-25/h4-10,15,19H,11-14,16-17H2,1-3H3. The van der Waals surface area contributed by atoms with Crippen LogP contribution in [0.15, 0.2) is 48.5 Å². The predicted molar refractivity (Wildman–Crippen MR) is 129 cm³/mol. The van der Waals surface area contributed by atoms with E-state index in [1.165, 1.54) is 16.6 Å². The summed E-state index contributed by atoms with van der Waals surface area (Å²) < 4.78 is 5.55. The lowest BCUT2D eigenvalue weighted by atomic mass is 10.1. The molecule has 32 heavy (non-hydrogen) atoms. The third kappa shape index (κ3) is 3.91. The molecule has 1 saturated heterocycles. The van der Waals surface area contributed by atoms with E-state index in [4.69, 9.17) is 9.72 Å². The molecule has 3 aromatic rings. The third-order valence-corrected chi connectivity index (χ3v) is 6.70. The number of hydrogen-bond acceptors (Lipinski definition) is 5. The van der Waals surface area contributed by atoms with Crippen LogP contribution in [-0.4, -0.2) is 61.7 Å². The van der Waals surface area contributed by atoms with Crippen molar-refractivity contribution < 1.29 is 9.53 Å². The maximum absolute atomic E-state index is 11.9. The monoisotopic (exact) mass is 430 g/mol. The zero-order valence-electron chi connectivity index (χ0n) is 19.0. The Hall–Kier alpha value is -3.12. The second-order valence-electron chi connectivity index (χ2n) is 8.93. The van der Waals surface area contributed by atoms with Crippen molar-refractivity contribution in [2.45, 2.75) is 26.3 Å². The van der Waals surface area contributed by atoms with E-state index in [-0.39, 0.29) is 12.5 Å². The van der Waals surface area contributed by atoms with Crippen molar-refractivity contribution in [3.05, 3.63) is 59.8 Å². The molecule has 6 heteroatoms. The van der Waals surface area contributed by atoms with Gasteiger partial charge in [0.2, 0.25) is 0 Å². The first kappa shape index (κ1) is 20.8. The first-order chi connectivity index (χ1) is 15.5. The molecule has 2 aliphatic heterocycles. The van der Waals surface area contributed by atoms with Crippen LogP contribution in [0.5, 0.6) is 5.75 Å². The molecule has 3 heterocycles. The lowest BCUT2D eigenvalue weighted by molar-refractivity contribution is -0.120. The molecule has 1 fully saturated rings. The smallest absolute Gasteiger partial charge is 0.264 e. The van der Waals surface area contributed by atoms with E-state index in [0.29, 0.717) is 6.04 Å². The lowest BCUT2D eigenvalue weighted by Crippen LogP contribution is -2.52. The number of aryl methyl sites for hydroxylation is 1. The number of ether oxygens (including phenoxy) is 1. The van der Waals surface area contributed by atoms with Gasteiger partial charge in [0, 0.05) is 56.0 Å². The van der Waals surface area contributed by atoms with Gasteiger partial charge in [-0.1, -0.05) is 12.1 Å². The number of piperazine rings is 1. The summed E-state index contributed by atoms with van der Waals surface area (Å²) in [6, 6.07) is 17.4. The van der Waals surface area contributed by atoms with E-state index < -0.39 is 0 Å². The number of rotatable bonds is 4. The molecular weight excluding hydrogens is 400 g/mol. The van der Waals surface area contributed by atoms with Gasteiger partial charge in [-0.2, -0.15) is 0 Å². The Morgan fingerprint density at radius 1 is 1.09 bits per heavy atom. The number of anilines is 2. The normalized spacial score (nSPS) is 19.2. The van der Waals surface area contributed by atoms with Gasteiger partial charge in [-0.15, -0.1) is 0 Å². The maximum atomic E-state index is 11.9. The van der Waals surface area contributed by atoms with Crippen LogP contribution < -0.4 is 14.5 Å². The zero-order valence-corrected chi connectivity index (χ0v) is 19.0. The maximum Gasteiger partial charge on any atom is 0.264 e. The average Bonchev–Trinajstić information content (AvgIpc) is 2.80. The van der Waals surface area contributed by atoms with Crippen LogP contribution in [0.3, 0.4) is 0 Å². The quantitative estimate of drug-likeness (QED) is 0.632. The summed E-state index contributed by atoms with van der Waals surface area (Å²) in [7, 11) is 1.82. The first-order valence-corrected chi connectivity index (χ1v) is 11.4. The third-order valence-electron chi connectivity index (χ3n) is 6.70. The molecule has 0 saturated carbocycles. The summed E-state index contributed by atoms with van der Waals surface area (Å²) in [6.07, 6.45) is 0.958. The van der Waals surface area contributed by atoms with E-state index in [9.17, 15) is 4.79 Å². The molecule has 166 valence electrons. The average molecular weight is 431 g/mol. The van der Waals surface area contributed by atoms with E-state index in [1.54, 1.807) is 4.90 Å². The molecule has 1 aromatic heterocycles. The Morgan fingerprint density at radius 3 is 2.81 bits per heavy atom. The van der Waals surface area contributed by atoms with Crippen LogP contribution in [0.1, 0.15) is 18.2 Å². The van der Waals surface area contributed by atoms with Crippen LogP contribution in [0.25, 0.3) is 10.9 Å². The number of amides is 1. The topological polar surface area (TPSA) is 48.9 Å². The molecule has 6 nitrogen and oxygen atoms in total. The van der Waals surface area contributed by atoms with Crippen molar-refractivity contribution in [2.24, 2.45) is 0 Å². The largest absolute Gasteiger partial charge is 0.482 e. The molecule has 2 aromatic carbocycles. The van der Waals surface area contributed by atoms with Gasteiger partial charge in [0.05, 0.1) is 11.2 Å². The Morgan fingerprint density at radius 2 is 1.97 bits per heavy atom. The van der Waals surface area contributed by atoms with E-state index in [0.717, 1.165) is 55.2 Å². The van der Waals surface area contributed by atoms with Crippen LogP contribution in [-0.2, 0) is 11.2 Å². The molecule has 1 atom stereocenters. The second-order valence-corrected chi connectivity index (χ2v) is 8.93. The highest BCUT2D eigenvalue weighted by molar-refractivity contribution is 5.97. The summed E-state index contributed by atoms with van der Waals surface area (Å²) in [5.41, 5.74) is 5.51. The summed E-state index contributed by atoms with van der Waals surface area (Å²) in [6.45, 7) is 8.55. The molecule has 1 amide bonds. The Labute approximate surface area is 189 Å². The molecule has 0 radical (unpaired) electrons. The van der Waals surface area contributed by atoms with Crippen LogP contribution in [0.2, 0.25) is 0 Å². The molecule has 0 N–H and O–H groups in total. The van der Waals surface area contributed by atoms with Gasteiger partial charge >= 0.3 is 0 Å². The lowest BCUT2D eigenvalue weighted by Gasteiger charge is -2.41. The van der Waals surface area contributed by atoms with Crippen molar-refractivity contribution in [1.29, 1.82) is 0 Å². The number of carbonyl (C=O) groups excluding carboxylic acids is 1. The molecule has 1 unspecified atom stereocenters. The molecule has 0 aliphatic carbocycles. The van der Waals surface area contributed by atoms with Gasteiger partial charge in [-0.3, -0.25) is 14.7 Å². The fourth-order valence-corrected chi connectivity index (χ4v) is 4.85. The minimum Gasteiger partial charge on any atom is -0.482 e. The molecule has 5 rings (SSSR count). The van der Waals surface area contributed by atoms with Gasteiger partial charge in [-0.05, 0) is 62.2 Å². The van der Waals surface area contributed by atoms with Crippen molar-refractivity contribution in [2.75, 3.05) is 49.6 Å². The number of nitrogens with zero attached hydrogens (tertiary/aromatic N) is 4. The molecule has 0 bridgehead atoms. The second kappa shape index (κ2) is 8.43. The number of benzene rings is 2. The minimum atomic E-state index is -0.00149. The van der Waals surface area contributed by atoms with Crippen LogP contribution >= 0.6 is 0 Å². The van der Waals surface area contributed by atoms with Crippen molar-refractivity contribution >= 4 is 28.2 Å². The number of pyridine rings is 1. The fourth-order valence-electron chi connectivity index (χ4n) is 4.85. The van der Waals surface area contributed by atoms with Gasteiger partial charge < -0.3 is 14.5 Å². The summed E-state index contributed by atoms with van der Waals surface area (Å²) in [5.74, 6) is 0.788. The highest BCUT2D eigenvalue weighted by Gasteiger charge is 2.26. The Kier molecular flexibility index (Phi) is 5.47. The van der Waals surface area contributed by atoms with Gasteiger partial charge in [0.25, 0.3) is 5.91 Å². The highest BCUT2D eigenvalue weighted by Crippen LogP contribution is 2.32. The van der Waals surface area contributed by atoms with E-state index in [1.807, 2.05) is 20.0 Å². The number of fused-ring (bicyclic) bond motifs is 2. The Balaban J connectivity index is 1.25. The first-order valence-electron chi connectivity index (χ1n) is 11.4. The summed E-state index contributed by atoms with van der Waals surface area (Å²) in [5, 5.41) is 1.23.